The molecule has 1 unspecified atom stereocenters. The van der Waals surface area contributed by atoms with E-state index in [1.54, 1.807) is 30.3 Å². The van der Waals surface area contributed by atoms with Gasteiger partial charge in [-0.25, -0.2) is 8.42 Å². The highest BCUT2D eigenvalue weighted by atomic mass is 32.2. The smallest absolute Gasteiger partial charge is 0.476 e. The van der Waals surface area contributed by atoms with E-state index >= 15 is 0 Å². The van der Waals surface area contributed by atoms with Gasteiger partial charge in [0.2, 0.25) is 0 Å². The standard InChI is InChI=1S/C24H21F3N2O5S/c1-15-3-10-19(11-4-15)35(31,32)29-14-22(33-21-12-5-16(2)13-20(21)29)23(30)28-17-6-8-18(9-7-17)34-24(25,26)27/h3-13,22H,14H2,1-2H3,(H,28,30). The van der Waals surface area contributed by atoms with Crippen LogP contribution >= 0.6 is 0 Å². The van der Waals surface area contributed by atoms with Crippen molar-refractivity contribution in [3.05, 3.63) is 77.9 Å². The molecule has 1 N–H and O–H groups in total. The number of nitrogens with one attached hydrogen (secondary N) is 1. The third kappa shape index (κ3) is 5.51. The van der Waals surface area contributed by atoms with E-state index in [-0.39, 0.29) is 22.9 Å². The number of aryl methyl sites for hydroxylation is 2. The Kier molecular flexibility index (Phi) is 6.37. The number of carbonyl (C=O) groups is 1. The summed E-state index contributed by atoms with van der Waals surface area (Å²) in [6.45, 7) is 3.35. The molecule has 4 rings (SSSR count). The van der Waals surface area contributed by atoms with Crippen molar-refractivity contribution in [2.45, 2.75) is 31.2 Å². The Balaban J connectivity index is 1.59. The molecular weight excluding hydrogens is 485 g/mol. The van der Waals surface area contributed by atoms with Crippen LogP contribution in [0.5, 0.6) is 11.5 Å². The Morgan fingerprint density at radius 1 is 1.00 bits per heavy atom. The van der Waals surface area contributed by atoms with Crippen molar-refractivity contribution in [3.8, 4) is 11.5 Å². The number of fused-ring (bicyclic) bond motifs is 1. The van der Waals surface area contributed by atoms with Crippen LogP contribution in [-0.2, 0) is 14.8 Å². The fourth-order valence-corrected chi connectivity index (χ4v) is 4.99. The van der Waals surface area contributed by atoms with E-state index in [9.17, 15) is 26.4 Å². The lowest BCUT2D eigenvalue weighted by atomic mass is 10.1. The van der Waals surface area contributed by atoms with E-state index in [4.69, 9.17) is 4.74 Å². The van der Waals surface area contributed by atoms with Crippen LogP contribution in [0.3, 0.4) is 0 Å². The molecule has 0 radical (unpaired) electrons. The van der Waals surface area contributed by atoms with Crippen molar-refractivity contribution >= 4 is 27.3 Å². The van der Waals surface area contributed by atoms with Crippen LogP contribution < -0.4 is 19.1 Å². The molecule has 0 aromatic heterocycles. The predicted octanol–water partition coefficient (Wildman–Crippen LogP) is 4.80. The molecule has 7 nitrogen and oxygen atoms in total. The van der Waals surface area contributed by atoms with Crippen molar-refractivity contribution in [1.82, 2.24) is 0 Å². The molecule has 35 heavy (non-hydrogen) atoms. The zero-order chi connectivity index (χ0) is 25.4. The number of ether oxygens (including phenoxy) is 2. The van der Waals surface area contributed by atoms with Crippen LogP contribution in [0.25, 0.3) is 0 Å². The van der Waals surface area contributed by atoms with Crippen LogP contribution in [0.15, 0.2) is 71.6 Å². The molecule has 1 amide bonds. The van der Waals surface area contributed by atoms with Gasteiger partial charge in [0.1, 0.15) is 11.5 Å². The zero-order valence-electron chi connectivity index (χ0n) is 18.7. The van der Waals surface area contributed by atoms with Crippen molar-refractivity contribution in [1.29, 1.82) is 0 Å². The monoisotopic (exact) mass is 506 g/mol. The highest BCUT2D eigenvalue weighted by Gasteiger charge is 2.38. The Morgan fingerprint density at radius 2 is 1.63 bits per heavy atom. The molecule has 0 saturated heterocycles. The van der Waals surface area contributed by atoms with Gasteiger partial charge in [-0.15, -0.1) is 13.2 Å². The summed E-state index contributed by atoms with van der Waals surface area (Å²) >= 11 is 0. The molecule has 1 aliphatic rings. The lowest BCUT2D eigenvalue weighted by molar-refractivity contribution is -0.274. The lowest BCUT2D eigenvalue weighted by Gasteiger charge is -2.35. The summed E-state index contributed by atoms with van der Waals surface area (Å²) < 4.78 is 74.8. The van der Waals surface area contributed by atoms with E-state index in [1.165, 1.54) is 24.3 Å². The molecule has 1 atom stereocenters. The summed E-state index contributed by atoms with van der Waals surface area (Å²) in [7, 11) is -4.02. The molecule has 1 heterocycles. The fraction of sp³-hybridized carbons (Fsp3) is 0.208. The minimum atomic E-state index is -4.83. The van der Waals surface area contributed by atoms with Crippen LogP contribution in [0.2, 0.25) is 0 Å². The highest BCUT2D eigenvalue weighted by molar-refractivity contribution is 7.92. The van der Waals surface area contributed by atoms with Gasteiger partial charge in [0.25, 0.3) is 15.9 Å². The number of hydrogen-bond acceptors (Lipinski definition) is 5. The van der Waals surface area contributed by atoms with Gasteiger partial charge >= 0.3 is 6.36 Å². The molecule has 11 heteroatoms. The molecule has 3 aromatic carbocycles. The van der Waals surface area contributed by atoms with E-state index in [0.717, 1.165) is 27.6 Å². The van der Waals surface area contributed by atoms with Gasteiger partial charge in [0, 0.05) is 5.69 Å². The van der Waals surface area contributed by atoms with Crippen molar-refractivity contribution in [3.63, 3.8) is 0 Å². The fourth-order valence-electron chi connectivity index (χ4n) is 3.53. The third-order valence-corrected chi connectivity index (χ3v) is 7.03. The number of nitrogens with zero attached hydrogens (tertiary/aromatic N) is 1. The number of rotatable bonds is 5. The van der Waals surface area contributed by atoms with Gasteiger partial charge in [-0.3, -0.25) is 9.10 Å². The molecule has 184 valence electrons. The Morgan fingerprint density at radius 3 is 2.26 bits per heavy atom. The number of carbonyl (C=O) groups excluding carboxylic acids is 1. The SMILES string of the molecule is Cc1ccc(S(=O)(=O)N2CC(C(=O)Nc3ccc(OC(F)(F)F)cc3)Oc3ccc(C)cc32)cc1. The molecule has 0 saturated carbocycles. The first kappa shape index (κ1) is 24.4. The zero-order valence-corrected chi connectivity index (χ0v) is 19.5. The second-order valence-corrected chi connectivity index (χ2v) is 9.85. The maximum Gasteiger partial charge on any atom is 0.573 e. The van der Waals surface area contributed by atoms with Crippen molar-refractivity contribution in [2.24, 2.45) is 0 Å². The van der Waals surface area contributed by atoms with E-state index < -0.39 is 34.1 Å². The number of amides is 1. The second kappa shape index (κ2) is 9.14. The second-order valence-electron chi connectivity index (χ2n) is 7.99. The van der Waals surface area contributed by atoms with Gasteiger partial charge < -0.3 is 14.8 Å². The molecule has 0 fully saturated rings. The number of benzene rings is 3. The summed E-state index contributed by atoms with van der Waals surface area (Å²) in [4.78, 5) is 13.0. The quantitative estimate of drug-likeness (QED) is 0.538. The van der Waals surface area contributed by atoms with Gasteiger partial charge in [-0.05, 0) is 67.9 Å². The van der Waals surface area contributed by atoms with Gasteiger partial charge in [-0.1, -0.05) is 23.8 Å². The molecule has 0 spiro atoms. The van der Waals surface area contributed by atoms with E-state index in [2.05, 4.69) is 10.1 Å². The van der Waals surface area contributed by atoms with Crippen LogP contribution in [0.1, 0.15) is 11.1 Å². The first-order valence-electron chi connectivity index (χ1n) is 10.5. The number of halogens is 3. The topological polar surface area (TPSA) is 84.9 Å². The molecule has 3 aromatic rings. The van der Waals surface area contributed by atoms with Gasteiger partial charge in [0.05, 0.1) is 17.1 Å². The summed E-state index contributed by atoms with van der Waals surface area (Å²) in [6.07, 6.45) is -6.05. The number of hydrogen-bond donors (Lipinski definition) is 1. The third-order valence-electron chi connectivity index (χ3n) is 5.24. The first-order chi connectivity index (χ1) is 16.4. The van der Waals surface area contributed by atoms with Crippen LogP contribution in [0, 0.1) is 13.8 Å². The minimum Gasteiger partial charge on any atom is -0.476 e. The Hall–Kier alpha value is -3.73. The maximum atomic E-state index is 13.5. The minimum absolute atomic E-state index is 0.0665. The largest absolute Gasteiger partial charge is 0.573 e. The molecule has 1 aliphatic heterocycles. The number of anilines is 2. The normalized spacial score (nSPS) is 15.7. The van der Waals surface area contributed by atoms with Gasteiger partial charge in [0.15, 0.2) is 6.10 Å². The van der Waals surface area contributed by atoms with Crippen molar-refractivity contribution < 1.29 is 35.9 Å². The van der Waals surface area contributed by atoms with Gasteiger partial charge in [-0.2, -0.15) is 0 Å². The lowest BCUT2D eigenvalue weighted by Crippen LogP contribution is -2.48. The Labute approximate surface area is 200 Å². The summed E-state index contributed by atoms with van der Waals surface area (Å²) in [5, 5.41) is 2.54. The van der Waals surface area contributed by atoms with Crippen molar-refractivity contribution in [2.75, 3.05) is 16.2 Å². The number of alkyl halides is 3. The Bertz CT molecular complexity index is 1340. The highest BCUT2D eigenvalue weighted by Crippen LogP contribution is 2.38. The van der Waals surface area contributed by atoms with Crippen LogP contribution in [0.4, 0.5) is 24.5 Å². The predicted molar refractivity (Wildman–Crippen MR) is 123 cm³/mol. The summed E-state index contributed by atoms with van der Waals surface area (Å²) in [5.41, 5.74) is 2.20. The molecule has 0 bridgehead atoms. The average molecular weight is 507 g/mol. The molecule has 0 aliphatic carbocycles. The summed E-state index contributed by atoms with van der Waals surface area (Å²) in [5.74, 6) is -0.888. The first-order valence-corrected chi connectivity index (χ1v) is 11.9. The van der Waals surface area contributed by atoms with Crippen LogP contribution in [-0.4, -0.2) is 33.3 Å². The summed E-state index contributed by atoms with van der Waals surface area (Å²) in [6, 6.07) is 15.9. The average Bonchev–Trinajstić information content (AvgIpc) is 2.79. The maximum absolute atomic E-state index is 13.5. The van der Waals surface area contributed by atoms with E-state index in [1.807, 2.05) is 13.8 Å². The van der Waals surface area contributed by atoms with E-state index in [0.29, 0.717) is 5.69 Å². The number of sulfonamides is 1. The molecular formula is C24H21F3N2O5S.